The van der Waals surface area contributed by atoms with Crippen molar-refractivity contribution in [3.63, 3.8) is 0 Å². The van der Waals surface area contributed by atoms with Gasteiger partial charge in [-0.1, -0.05) is 56.4 Å². The molecule has 1 aromatic heterocycles. The molecule has 2 saturated heterocycles. The Labute approximate surface area is 235 Å². The number of hydrogen-bond acceptors (Lipinski definition) is 7. The number of hydrogen-bond donors (Lipinski definition) is 1. The van der Waals surface area contributed by atoms with Crippen LogP contribution < -0.4 is 4.87 Å². The Hall–Kier alpha value is -2.43. The minimum Gasteiger partial charge on any atom is -0.378 e. The number of morpholine rings is 1. The predicted octanol–water partition coefficient (Wildman–Crippen LogP) is 3.07. The third-order valence-electron chi connectivity index (χ3n) is 9.61. The average Bonchev–Trinajstić information content (AvgIpc) is 3.64. The molecule has 2 bridgehead atoms. The molecule has 7 unspecified atom stereocenters. The highest BCUT2D eigenvalue weighted by molar-refractivity contribution is 8.00. The number of rotatable bonds is 3. The Morgan fingerprint density at radius 3 is 2.36 bits per heavy atom. The summed E-state index contributed by atoms with van der Waals surface area (Å²) in [6.45, 7) is 8.35. The summed E-state index contributed by atoms with van der Waals surface area (Å²) in [4.78, 5) is 59.9. The fraction of sp³-hybridized carbons (Fsp3) is 0.586. The van der Waals surface area contributed by atoms with Gasteiger partial charge in [0.15, 0.2) is 0 Å². The maximum atomic E-state index is 13.8. The number of thiazole rings is 1. The summed E-state index contributed by atoms with van der Waals surface area (Å²) in [7, 11) is 0. The first-order valence-corrected chi connectivity index (χ1v) is 15.5. The largest absolute Gasteiger partial charge is 0.378 e. The molecule has 7 rings (SSSR count). The number of ether oxygens (including phenoxy) is 1. The number of aromatic amines is 1. The first kappa shape index (κ1) is 25.5. The molecule has 39 heavy (non-hydrogen) atoms. The van der Waals surface area contributed by atoms with Crippen LogP contribution in [0.2, 0.25) is 0 Å². The lowest BCUT2D eigenvalue weighted by atomic mass is 9.68. The van der Waals surface area contributed by atoms with Crippen LogP contribution in [0.4, 0.5) is 0 Å². The van der Waals surface area contributed by atoms with Gasteiger partial charge in [-0.2, -0.15) is 0 Å². The summed E-state index contributed by atoms with van der Waals surface area (Å²) < 4.78 is 5.35. The number of thioether (sulfide) groups is 1. The number of carbonyl (C=O) groups excluding carboxylic acids is 3. The van der Waals surface area contributed by atoms with E-state index in [-0.39, 0.29) is 75.3 Å². The summed E-state index contributed by atoms with van der Waals surface area (Å²) in [5.74, 6) is -1.03. The Morgan fingerprint density at radius 1 is 1.03 bits per heavy atom. The zero-order chi connectivity index (χ0) is 27.2. The van der Waals surface area contributed by atoms with Crippen LogP contribution in [0.15, 0.2) is 34.1 Å². The van der Waals surface area contributed by atoms with E-state index in [2.05, 4.69) is 50.0 Å². The average molecular weight is 568 g/mol. The summed E-state index contributed by atoms with van der Waals surface area (Å²) in [6, 6.07) is 8.73. The number of aromatic nitrogens is 1. The third-order valence-corrected chi connectivity index (χ3v) is 12.2. The molecule has 5 aliphatic rings. The van der Waals surface area contributed by atoms with Gasteiger partial charge >= 0.3 is 4.87 Å². The summed E-state index contributed by atoms with van der Waals surface area (Å²) in [5, 5.41) is 1.06. The van der Waals surface area contributed by atoms with Gasteiger partial charge in [0.25, 0.3) is 0 Å². The quantitative estimate of drug-likeness (QED) is 0.573. The predicted molar refractivity (Wildman–Crippen MR) is 148 cm³/mol. The second kappa shape index (κ2) is 9.04. The lowest BCUT2D eigenvalue weighted by Crippen LogP contribution is -2.47. The molecule has 3 amide bonds. The van der Waals surface area contributed by atoms with Gasteiger partial charge < -0.3 is 14.6 Å². The smallest absolute Gasteiger partial charge is 0.305 e. The van der Waals surface area contributed by atoms with Crippen molar-refractivity contribution in [2.24, 2.45) is 29.6 Å². The van der Waals surface area contributed by atoms with Crippen molar-refractivity contribution < 1.29 is 19.1 Å². The first-order chi connectivity index (χ1) is 18.6. The number of carbonyl (C=O) groups is 3. The Morgan fingerprint density at radius 2 is 1.69 bits per heavy atom. The monoisotopic (exact) mass is 567 g/mol. The number of nitrogens with one attached hydrogen (secondary N) is 1. The molecule has 0 spiro atoms. The van der Waals surface area contributed by atoms with E-state index in [4.69, 9.17) is 4.74 Å². The summed E-state index contributed by atoms with van der Waals surface area (Å²) in [6.07, 6.45) is 0.843. The van der Waals surface area contributed by atoms with Gasteiger partial charge in [-0.25, -0.2) is 0 Å². The van der Waals surface area contributed by atoms with Gasteiger partial charge in [-0.05, 0) is 40.7 Å². The number of fused-ring (bicyclic) bond motifs is 9. The van der Waals surface area contributed by atoms with Gasteiger partial charge in [0.1, 0.15) is 6.54 Å². The Bertz CT molecular complexity index is 1400. The van der Waals surface area contributed by atoms with Crippen LogP contribution in [0.3, 0.4) is 0 Å². The zero-order valence-electron chi connectivity index (χ0n) is 22.3. The highest BCUT2D eigenvalue weighted by atomic mass is 32.2. The fourth-order valence-electron chi connectivity index (χ4n) is 7.85. The van der Waals surface area contributed by atoms with Crippen molar-refractivity contribution in [2.75, 3.05) is 32.8 Å². The van der Waals surface area contributed by atoms with Crippen LogP contribution in [0, 0.1) is 29.6 Å². The third kappa shape index (κ3) is 3.89. The molecular weight excluding hydrogens is 534 g/mol. The highest BCUT2D eigenvalue weighted by Gasteiger charge is 2.69. The summed E-state index contributed by atoms with van der Waals surface area (Å²) >= 11 is 2.97. The molecular formula is C29H33N3O5S2. The van der Waals surface area contributed by atoms with Crippen LogP contribution in [0.5, 0.6) is 0 Å². The maximum Gasteiger partial charge on any atom is 0.305 e. The summed E-state index contributed by atoms with van der Waals surface area (Å²) in [5.41, 5.74) is 2.45. The standard InChI is InChI=1S/C29H33N3O5S2/c1-29(2,3)15-6-4-14(5-7-15)19-20-16-12-17(23(20)38-25-24(19)39-28(36)30-25)22-21(16)26(34)32(27(22)35)13-18(33)31-8-10-37-11-9-31/h4-7,16-17,19-23H,8-13H2,1-3H3,(H,30,36). The number of nitrogens with zero attached hydrogens (tertiary/aromatic N) is 2. The first-order valence-electron chi connectivity index (χ1n) is 13.8. The molecule has 10 heteroatoms. The SMILES string of the molecule is CC(C)(C)c1ccc(C2c3sc(=O)[nH]c3SC3C4CC(C5C(=O)N(CC(=O)N6CCOCC6)C(=O)C45)C23)cc1. The van der Waals surface area contributed by atoms with E-state index < -0.39 is 0 Å². The van der Waals surface area contributed by atoms with Crippen molar-refractivity contribution in [1.82, 2.24) is 14.8 Å². The van der Waals surface area contributed by atoms with Crippen molar-refractivity contribution in [2.45, 2.75) is 48.8 Å². The van der Waals surface area contributed by atoms with Crippen LogP contribution in [0.1, 0.15) is 49.1 Å². The van der Waals surface area contributed by atoms with Gasteiger partial charge in [-0.3, -0.25) is 24.1 Å². The van der Waals surface area contributed by atoms with Crippen LogP contribution in [-0.2, 0) is 24.5 Å². The topological polar surface area (TPSA) is 99.8 Å². The van der Waals surface area contributed by atoms with Crippen LogP contribution in [0.25, 0.3) is 0 Å². The van der Waals surface area contributed by atoms with Gasteiger partial charge in [0.2, 0.25) is 17.7 Å². The van der Waals surface area contributed by atoms with Crippen molar-refractivity contribution >= 4 is 40.8 Å². The number of imide groups is 1. The molecule has 3 aliphatic heterocycles. The van der Waals surface area contributed by atoms with Crippen molar-refractivity contribution in [3.8, 4) is 0 Å². The highest BCUT2D eigenvalue weighted by Crippen LogP contribution is 2.68. The second-order valence-corrected chi connectivity index (χ2v) is 14.8. The van der Waals surface area contributed by atoms with Crippen LogP contribution >= 0.6 is 23.1 Å². The zero-order valence-corrected chi connectivity index (χ0v) is 24.0. The Balaban J connectivity index is 1.21. The minimum atomic E-state index is -0.379. The molecule has 2 aliphatic carbocycles. The van der Waals surface area contributed by atoms with E-state index in [0.29, 0.717) is 26.3 Å². The van der Waals surface area contributed by atoms with Gasteiger partial charge in [0.05, 0.1) is 30.1 Å². The minimum absolute atomic E-state index is 0.00658. The van der Waals surface area contributed by atoms with E-state index in [9.17, 15) is 19.2 Å². The maximum absolute atomic E-state index is 13.8. The Kier molecular flexibility index (Phi) is 5.92. The van der Waals surface area contributed by atoms with E-state index >= 15 is 0 Å². The van der Waals surface area contributed by atoms with Gasteiger partial charge in [0, 0.05) is 29.1 Å². The molecule has 2 aromatic rings. The van der Waals surface area contributed by atoms with Crippen molar-refractivity contribution in [3.05, 3.63) is 49.9 Å². The van der Waals surface area contributed by atoms with Crippen molar-refractivity contribution in [1.29, 1.82) is 0 Å². The normalized spacial score (nSPS) is 33.4. The van der Waals surface area contributed by atoms with Crippen LogP contribution in [-0.4, -0.2) is 70.6 Å². The second-order valence-electron chi connectivity index (χ2n) is 12.6. The molecule has 8 nitrogen and oxygen atoms in total. The fourth-order valence-corrected chi connectivity index (χ4v) is 10.7. The molecule has 206 valence electrons. The number of benzene rings is 1. The molecule has 7 atom stereocenters. The number of amides is 3. The van der Waals surface area contributed by atoms with Gasteiger partial charge in [-0.15, -0.1) is 11.8 Å². The molecule has 4 fully saturated rings. The molecule has 1 aromatic carbocycles. The van der Waals surface area contributed by atoms with E-state index in [1.165, 1.54) is 21.8 Å². The van der Waals surface area contributed by atoms with E-state index in [1.54, 1.807) is 16.7 Å². The lowest BCUT2D eigenvalue weighted by Gasteiger charge is -2.43. The number of H-pyrrole nitrogens is 1. The molecule has 0 radical (unpaired) electrons. The molecule has 2 saturated carbocycles. The molecule has 1 N–H and O–H groups in total. The number of likely N-dealkylation sites (tertiary alicyclic amines) is 1. The van der Waals surface area contributed by atoms with E-state index in [1.807, 2.05) is 0 Å². The molecule has 4 heterocycles. The van der Waals surface area contributed by atoms with E-state index in [0.717, 1.165) is 21.9 Å². The lowest BCUT2D eigenvalue weighted by molar-refractivity contribution is -0.148.